The zero-order valence-corrected chi connectivity index (χ0v) is 19.8. The van der Waals surface area contributed by atoms with Gasteiger partial charge in [0.1, 0.15) is 11.5 Å². The summed E-state index contributed by atoms with van der Waals surface area (Å²) in [6.45, 7) is 5.17. The molecule has 0 radical (unpaired) electrons. The van der Waals surface area contributed by atoms with E-state index in [1.54, 1.807) is 6.26 Å². The molecule has 7 heteroatoms. The first-order chi connectivity index (χ1) is 14.3. The zero-order valence-electron chi connectivity index (χ0n) is 17.5. The monoisotopic (exact) mass is 525 g/mol. The number of hydrogen-bond acceptors (Lipinski definition) is 4. The highest BCUT2D eigenvalue weighted by molar-refractivity contribution is 14.0. The van der Waals surface area contributed by atoms with Gasteiger partial charge in [-0.2, -0.15) is 0 Å². The van der Waals surface area contributed by atoms with Crippen molar-refractivity contribution in [3.05, 3.63) is 54.0 Å². The predicted octanol–water partition coefficient (Wildman–Crippen LogP) is 4.11. The molecular weight excluding hydrogens is 493 g/mol. The Kier molecular flexibility index (Phi) is 8.87. The molecule has 3 atom stereocenters. The Hall–Kier alpha value is -1.74. The molecule has 0 aliphatic carbocycles. The number of para-hydroxylation sites is 1. The molecule has 2 N–H and O–H groups in total. The maximum absolute atomic E-state index is 5.87. The largest absolute Gasteiger partial charge is 0.493 e. The molecule has 2 aliphatic heterocycles. The Morgan fingerprint density at radius 3 is 2.90 bits per heavy atom. The molecule has 6 nitrogen and oxygen atoms in total. The average molecular weight is 525 g/mol. The van der Waals surface area contributed by atoms with Gasteiger partial charge in [0.2, 0.25) is 0 Å². The fourth-order valence-corrected chi connectivity index (χ4v) is 3.97. The van der Waals surface area contributed by atoms with E-state index in [0.717, 1.165) is 49.9 Å². The maximum atomic E-state index is 5.87. The number of rotatable bonds is 7. The van der Waals surface area contributed by atoms with Crippen molar-refractivity contribution in [2.24, 2.45) is 4.99 Å². The number of hydrogen-bond donors (Lipinski definition) is 2. The Balaban J connectivity index is 0.00000256. The summed E-state index contributed by atoms with van der Waals surface area (Å²) in [7, 11) is 0. The minimum absolute atomic E-state index is 0. The third-order valence-electron chi connectivity index (χ3n) is 5.68. The van der Waals surface area contributed by atoms with E-state index in [0.29, 0.717) is 19.1 Å². The Morgan fingerprint density at radius 1 is 1.20 bits per heavy atom. The first-order valence-corrected chi connectivity index (χ1v) is 10.7. The van der Waals surface area contributed by atoms with Crippen LogP contribution in [0, 0.1) is 0 Å². The van der Waals surface area contributed by atoms with Crippen LogP contribution >= 0.6 is 24.0 Å². The number of guanidine groups is 1. The molecule has 4 rings (SSSR count). The molecule has 0 saturated carbocycles. The highest BCUT2D eigenvalue weighted by Crippen LogP contribution is 2.35. The van der Waals surface area contributed by atoms with Crippen molar-refractivity contribution in [3.8, 4) is 5.75 Å². The van der Waals surface area contributed by atoms with Crippen molar-refractivity contribution in [2.75, 3.05) is 26.3 Å². The SMILES string of the molecule is CC(NC(=NCC1CCCCO1)NCCc1ccco1)C1COc2ccccc21.I. The van der Waals surface area contributed by atoms with E-state index in [2.05, 4.69) is 29.7 Å². The number of benzene rings is 1. The molecule has 30 heavy (non-hydrogen) atoms. The van der Waals surface area contributed by atoms with E-state index in [1.165, 1.54) is 12.0 Å². The van der Waals surface area contributed by atoms with Crippen LogP contribution in [-0.4, -0.2) is 44.4 Å². The van der Waals surface area contributed by atoms with Crippen LogP contribution in [0.4, 0.5) is 0 Å². The van der Waals surface area contributed by atoms with Crippen molar-refractivity contribution in [2.45, 2.75) is 50.7 Å². The summed E-state index contributed by atoms with van der Waals surface area (Å²) in [4.78, 5) is 4.83. The van der Waals surface area contributed by atoms with Crippen molar-refractivity contribution < 1.29 is 13.9 Å². The van der Waals surface area contributed by atoms with Gasteiger partial charge in [0, 0.05) is 37.1 Å². The van der Waals surface area contributed by atoms with Gasteiger partial charge in [0.25, 0.3) is 0 Å². The second-order valence-corrected chi connectivity index (χ2v) is 7.82. The summed E-state index contributed by atoms with van der Waals surface area (Å²) in [5, 5.41) is 7.05. The minimum Gasteiger partial charge on any atom is -0.493 e. The fraction of sp³-hybridized carbons (Fsp3) is 0.522. The Bertz CT molecular complexity index is 791. The molecule has 3 unspecified atom stereocenters. The van der Waals surface area contributed by atoms with Gasteiger partial charge in [0.05, 0.1) is 25.5 Å². The van der Waals surface area contributed by atoms with Gasteiger partial charge < -0.3 is 24.5 Å². The van der Waals surface area contributed by atoms with Crippen LogP contribution in [0.5, 0.6) is 5.75 Å². The molecule has 2 aromatic rings. The van der Waals surface area contributed by atoms with Crippen molar-refractivity contribution in [3.63, 3.8) is 0 Å². The van der Waals surface area contributed by atoms with E-state index in [-0.39, 0.29) is 36.1 Å². The molecule has 1 fully saturated rings. The first-order valence-electron chi connectivity index (χ1n) is 10.7. The molecule has 0 spiro atoms. The summed E-state index contributed by atoms with van der Waals surface area (Å²) in [5.74, 6) is 3.08. The molecular formula is C23H32IN3O3. The lowest BCUT2D eigenvalue weighted by atomic mass is 9.94. The smallest absolute Gasteiger partial charge is 0.191 e. The zero-order chi connectivity index (χ0) is 19.9. The number of nitrogens with zero attached hydrogens (tertiary/aromatic N) is 1. The van der Waals surface area contributed by atoms with Crippen LogP contribution in [0.1, 0.15) is 43.4 Å². The number of ether oxygens (including phenoxy) is 2. The first kappa shape index (κ1) is 22.9. The van der Waals surface area contributed by atoms with Gasteiger partial charge in [-0.15, -0.1) is 24.0 Å². The van der Waals surface area contributed by atoms with Crippen molar-refractivity contribution >= 4 is 29.9 Å². The van der Waals surface area contributed by atoms with Gasteiger partial charge in [-0.1, -0.05) is 18.2 Å². The summed E-state index contributed by atoms with van der Waals surface area (Å²) >= 11 is 0. The standard InChI is InChI=1S/C23H31N3O3.HI/c1-17(21-16-29-22-10-3-2-9-20(21)22)26-23(24-12-11-18-8-6-14-27-18)25-15-19-7-4-5-13-28-19;/h2-3,6,8-10,14,17,19,21H,4-5,7,11-13,15-16H2,1H3,(H2,24,25,26);1H. The van der Waals surface area contributed by atoms with Gasteiger partial charge >= 0.3 is 0 Å². The maximum Gasteiger partial charge on any atom is 0.191 e. The van der Waals surface area contributed by atoms with Gasteiger partial charge in [-0.3, -0.25) is 4.99 Å². The lowest BCUT2D eigenvalue weighted by Crippen LogP contribution is -2.46. The summed E-state index contributed by atoms with van der Waals surface area (Å²) in [5.41, 5.74) is 1.26. The summed E-state index contributed by atoms with van der Waals surface area (Å²) in [6, 6.07) is 12.4. The fourth-order valence-electron chi connectivity index (χ4n) is 3.97. The normalized spacial score (nSPS) is 21.8. The van der Waals surface area contributed by atoms with E-state index < -0.39 is 0 Å². The third kappa shape index (κ3) is 6.14. The van der Waals surface area contributed by atoms with E-state index in [9.17, 15) is 0 Å². The van der Waals surface area contributed by atoms with Crippen LogP contribution in [0.2, 0.25) is 0 Å². The van der Waals surface area contributed by atoms with Crippen LogP contribution in [-0.2, 0) is 11.2 Å². The number of halogens is 1. The summed E-state index contributed by atoms with van der Waals surface area (Å²) < 4.78 is 17.1. The number of furan rings is 1. The topological polar surface area (TPSA) is 68.0 Å². The second-order valence-electron chi connectivity index (χ2n) is 7.82. The van der Waals surface area contributed by atoms with Crippen molar-refractivity contribution in [1.29, 1.82) is 0 Å². The van der Waals surface area contributed by atoms with Crippen LogP contribution in [0.25, 0.3) is 0 Å². The van der Waals surface area contributed by atoms with E-state index in [1.807, 2.05) is 24.3 Å². The Morgan fingerprint density at radius 2 is 2.10 bits per heavy atom. The summed E-state index contributed by atoms with van der Waals surface area (Å²) in [6.07, 6.45) is 6.22. The van der Waals surface area contributed by atoms with Crippen molar-refractivity contribution in [1.82, 2.24) is 10.6 Å². The number of nitrogens with one attached hydrogen (secondary N) is 2. The molecule has 3 heterocycles. The van der Waals surface area contributed by atoms with Gasteiger partial charge in [-0.05, 0) is 44.4 Å². The predicted molar refractivity (Wildman–Crippen MR) is 129 cm³/mol. The second kappa shape index (κ2) is 11.6. The van der Waals surface area contributed by atoms with Gasteiger partial charge in [0.15, 0.2) is 5.96 Å². The highest BCUT2D eigenvalue weighted by Gasteiger charge is 2.29. The molecule has 1 saturated heterocycles. The lowest BCUT2D eigenvalue weighted by Gasteiger charge is -2.24. The Labute approximate surface area is 195 Å². The molecule has 2 aliphatic rings. The molecule has 1 aromatic carbocycles. The lowest BCUT2D eigenvalue weighted by molar-refractivity contribution is 0.0224. The van der Waals surface area contributed by atoms with Crippen LogP contribution < -0.4 is 15.4 Å². The van der Waals surface area contributed by atoms with Crippen LogP contribution in [0.3, 0.4) is 0 Å². The minimum atomic E-state index is 0. The third-order valence-corrected chi connectivity index (χ3v) is 5.68. The van der Waals surface area contributed by atoms with Crippen LogP contribution in [0.15, 0.2) is 52.1 Å². The van der Waals surface area contributed by atoms with E-state index in [4.69, 9.17) is 18.9 Å². The van der Waals surface area contributed by atoms with Gasteiger partial charge in [-0.25, -0.2) is 0 Å². The quantitative estimate of drug-likeness (QED) is 0.324. The molecule has 1 aromatic heterocycles. The van der Waals surface area contributed by atoms with E-state index >= 15 is 0 Å². The average Bonchev–Trinajstić information content (AvgIpc) is 3.42. The number of fused-ring (bicyclic) bond motifs is 1. The molecule has 0 bridgehead atoms. The molecule has 0 amide bonds. The highest BCUT2D eigenvalue weighted by atomic mass is 127. The molecule has 164 valence electrons. The number of aliphatic imine (C=N–C) groups is 1.